The van der Waals surface area contributed by atoms with E-state index in [9.17, 15) is 9.59 Å². The van der Waals surface area contributed by atoms with Gasteiger partial charge in [-0.25, -0.2) is 0 Å². The van der Waals surface area contributed by atoms with Crippen molar-refractivity contribution >= 4 is 27.9 Å². The van der Waals surface area contributed by atoms with Gasteiger partial charge in [-0.1, -0.05) is 28.1 Å². The smallest absolute Gasteiger partial charge is 0.322 e. The van der Waals surface area contributed by atoms with Crippen molar-refractivity contribution in [3.63, 3.8) is 0 Å². The highest BCUT2D eigenvalue weighted by molar-refractivity contribution is 9.10. The Morgan fingerprint density at radius 2 is 1.91 bits per heavy atom. The monoisotopic (exact) mass is 371 g/mol. The van der Waals surface area contributed by atoms with E-state index in [4.69, 9.17) is 15.2 Å². The van der Waals surface area contributed by atoms with Crippen molar-refractivity contribution in [3.05, 3.63) is 34.3 Å². The van der Waals surface area contributed by atoms with Gasteiger partial charge in [0, 0.05) is 4.47 Å². The van der Waals surface area contributed by atoms with Gasteiger partial charge in [0.25, 0.3) is 0 Å². The van der Waals surface area contributed by atoms with Crippen LogP contribution in [0.4, 0.5) is 0 Å². The van der Waals surface area contributed by atoms with Crippen LogP contribution in [-0.2, 0) is 25.5 Å². The molecule has 6 heteroatoms. The van der Waals surface area contributed by atoms with Crippen molar-refractivity contribution in [2.24, 2.45) is 11.7 Å². The Kier molecular flexibility index (Phi) is 6.56. The molecule has 0 saturated heterocycles. The number of hydrogen-bond acceptors (Lipinski definition) is 5. The topological polar surface area (TPSA) is 78.6 Å². The average Bonchev–Trinajstić information content (AvgIpc) is 2.32. The van der Waals surface area contributed by atoms with Crippen molar-refractivity contribution in [1.82, 2.24) is 0 Å². The predicted octanol–water partition coefficient (Wildman–Crippen LogP) is 2.80. The quantitative estimate of drug-likeness (QED) is 0.489. The predicted molar refractivity (Wildman–Crippen MR) is 86.9 cm³/mol. The summed E-state index contributed by atoms with van der Waals surface area (Å²) in [5.41, 5.74) is 5.62. The van der Waals surface area contributed by atoms with E-state index in [1.54, 1.807) is 20.8 Å². The molecule has 0 aromatic heterocycles. The van der Waals surface area contributed by atoms with E-state index in [1.807, 2.05) is 24.3 Å². The zero-order chi connectivity index (χ0) is 16.9. The summed E-state index contributed by atoms with van der Waals surface area (Å²) in [7, 11) is 0. The molecule has 2 atom stereocenters. The molecule has 0 bridgehead atoms. The third kappa shape index (κ3) is 6.58. The second kappa shape index (κ2) is 7.74. The van der Waals surface area contributed by atoms with Gasteiger partial charge in [0.05, 0.1) is 0 Å². The van der Waals surface area contributed by atoms with Gasteiger partial charge >= 0.3 is 11.9 Å². The van der Waals surface area contributed by atoms with E-state index < -0.39 is 29.7 Å². The molecule has 0 saturated carbocycles. The molecule has 0 radical (unpaired) electrons. The number of halogens is 1. The zero-order valence-electron chi connectivity index (χ0n) is 13.3. The van der Waals surface area contributed by atoms with Gasteiger partial charge in [0.2, 0.25) is 0 Å². The summed E-state index contributed by atoms with van der Waals surface area (Å²) in [6, 6.07) is 7.38. The lowest BCUT2D eigenvalue weighted by Crippen LogP contribution is -2.37. The van der Waals surface area contributed by atoms with Gasteiger partial charge in [0.1, 0.15) is 11.8 Å². The number of carbonyl (C=O) groups is 2. The highest BCUT2D eigenvalue weighted by Gasteiger charge is 2.33. The lowest BCUT2D eigenvalue weighted by molar-refractivity contribution is -0.170. The van der Waals surface area contributed by atoms with Crippen molar-refractivity contribution < 1.29 is 19.1 Å². The maximum Gasteiger partial charge on any atom is 0.322 e. The van der Waals surface area contributed by atoms with E-state index in [0.717, 1.165) is 10.0 Å². The van der Waals surface area contributed by atoms with Crippen LogP contribution in [0.3, 0.4) is 0 Å². The molecule has 2 N–H and O–H groups in total. The van der Waals surface area contributed by atoms with Crippen molar-refractivity contribution in [2.45, 2.75) is 45.9 Å². The fraction of sp³-hybridized carbons (Fsp3) is 0.500. The molecule has 22 heavy (non-hydrogen) atoms. The normalized spacial score (nSPS) is 14.1. The number of ether oxygens (including phenoxy) is 2. The molecule has 1 rings (SSSR count). The van der Waals surface area contributed by atoms with Crippen LogP contribution >= 0.6 is 15.9 Å². The Morgan fingerprint density at radius 1 is 1.27 bits per heavy atom. The van der Waals surface area contributed by atoms with E-state index in [1.165, 1.54) is 6.92 Å². The van der Waals surface area contributed by atoms with Gasteiger partial charge in [-0.2, -0.15) is 0 Å². The fourth-order valence-corrected chi connectivity index (χ4v) is 2.25. The first-order chi connectivity index (χ1) is 10.1. The lowest BCUT2D eigenvalue weighted by atomic mass is 9.99. The first-order valence-electron chi connectivity index (χ1n) is 7.02. The van der Waals surface area contributed by atoms with Crippen LogP contribution in [0.25, 0.3) is 0 Å². The molecule has 122 valence electrons. The number of rotatable bonds is 5. The fourth-order valence-electron chi connectivity index (χ4n) is 1.80. The third-order valence-corrected chi connectivity index (χ3v) is 3.10. The molecule has 5 nitrogen and oxygen atoms in total. The molecule has 0 aliphatic heterocycles. The molecule has 0 aliphatic rings. The van der Waals surface area contributed by atoms with E-state index in [0.29, 0.717) is 0 Å². The number of benzene rings is 1. The summed E-state index contributed by atoms with van der Waals surface area (Å²) >= 11 is 3.36. The van der Waals surface area contributed by atoms with Crippen molar-refractivity contribution in [1.29, 1.82) is 0 Å². The Bertz CT molecular complexity index is 537. The Balaban J connectivity index is 2.95. The third-order valence-electron chi connectivity index (χ3n) is 2.61. The molecule has 2 unspecified atom stereocenters. The Hall–Kier alpha value is -1.40. The minimum Gasteiger partial charge on any atom is -0.459 e. The molecule has 0 spiro atoms. The molecular weight excluding hydrogens is 350 g/mol. The van der Waals surface area contributed by atoms with Crippen LogP contribution in [0.1, 0.15) is 33.3 Å². The number of hydrogen-bond donors (Lipinski definition) is 1. The number of carbonyl (C=O) groups excluding carboxylic acids is 2. The summed E-state index contributed by atoms with van der Waals surface area (Å²) in [4.78, 5) is 24.5. The van der Waals surface area contributed by atoms with Gasteiger partial charge < -0.3 is 9.47 Å². The highest BCUT2D eigenvalue weighted by Crippen LogP contribution is 2.19. The molecular formula is C16H22BrNO4. The summed E-state index contributed by atoms with van der Waals surface area (Å²) in [5.74, 6) is -2.33. The summed E-state index contributed by atoms with van der Waals surface area (Å²) in [6.45, 7) is 6.77. The molecule has 1 aromatic rings. The van der Waals surface area contributed by atoms with Crippen LogP contribution in [0.15, 0.2) is 28.7 Å². The standard InChI is InChI=1S/C16H22BrNO4/c1-10(18)21-14(19)13(15(20)22-16(2,3)4)9-11-6-5-7-12(17)8-11/h5-8,10,13H,9,18H2,1-4H3. The van der Waals surface area contributed by atoms with E-state index >= 15 is 0 Å². The molecule has 0 heterocycles. The van der Waals surface area contributed by atoms with Crippen LogP contribution in [-0.4, -0.2) is 23.8 Å². The first kappa shape index (κ1) is 18.6. The molecule has 1 aromatic carbocycles. The van der Waals surface area contributed by atoms with E-state index in [-0.39, 0.29) is 6.42 Å². The van der Waals surface area contributed by atoms with Crippen LogP contribution in [0, 0.1) is 5.92 Å². The minimum atomic E-state index is -1.04. The van der Waals surface area contributed by atoms with Gasteiger partial charge in [0.15, 0.2) is 5.92 Å². The lowest BCUT2D eigenvalue weighted by Gasteiger charge is -2.23. The van der Waals surface area contributed by atoms with Crippen molar-refractivity contribution in [2.75, 3.05) is 0 Å². The summed E-state index contributed by atoms with van der Waals surface area (Å²) in [5, 5.41) is 0. The Labute approximate surface area is 139 Å². The van der Waals surface area contributed by atoms with Gasteiger partial charge in [-0.3, -0.25) is 15.3 Å². The second-order valence-electron chi connectivity index (χ2n) is 6.06. The molecule has 0 fully saturated rings. The maximum atomic E-state index is 12.3. The number of esters is 2. The van der Waals surface area contributed by atoms with Crippen LogP contribution in [0.5, 0.6) is 0 Å². The average molecular weight is 372 g/mol. The van der Waals surface area contributed by atoms with Gasteiger partial charge in [-0.15, -0.1) is 0 Å². The second-order valence-corrected chi connectivity index (χ2v) is 6.98. The highest BCUT2D eigenvalue weighted by atomic mass is 79.9. The first-order valence-corrected chi connectivity index (χ1v) is 7.81. The van der Waals surface area contributed by atoms with Gasteiger partial charge in [-0.05, 0) is 51.8 Å². The molecule has 0 aliphatic carbocycles. The van der Waals surface area contributed by atoms with Crippen LogP contribution < -0.4 is 5.73 Å². The summed E-state index contributed by atoms with van der Waals surface area (Å²) < 4.78 is 11.2. The van der Waals surface area contributed by atoms with Crippen LogP contribution in [0.2, 0.25) is 0 Å². The maximum absolute atomic E-state index is 12.3. The minimum absolute atomic E-state index is 0.194. The SMILES string of the molecule is CC(N)OC(=O)C(Cc1cccc(Br)c1)C(=O)OC(C)(C)C. The van der Waals surface area contributed by atoms with Crippen molar-refractivity contribution in [3.8, 4) is 0 Å². The largest absolute Gasteiger partial charge is 0.459 e. The number of nitrogens with two attached hydrogens (primary N) is 1. The molecule has 0 amide bonds. The zero-order valence-corrected chi connectivity index (χ0v) is 14.8. The summed E-state index contributed by atoms with van der Waals surface area (Å²) in [6.07, 6.45) is -0.583. The van der Waals surface area contributed by atoms with E-state index in [2.05, 4.69) is 15.9 Å². The Morgan fingerprint density at radius 3 is 2.41 bits per heavy atom.